The van der Waals surface area contributed by atoms with Crippen LogP contribution in [0.4, 0.5) is 20.3 Å². The van der Waals surface area contributed by atoms with Crippen LogP contribution in [0.3, 0.4) is 0 Å². The SMILES string of the molecule is CCCNC(=O)c1cnc(Nc2ccc(F)cc2F)cn1. The number of amides is 1. The molecule has 5 nitrogen and oxygen atoms in total. The topological polar surface area (TPSA) is 66.9 Å². The van der Waals surface area contributed by atoms with Crippen LogP contribution in [0.5, 0.6) is 0 Å². The molecule has 0 aliphatic rings. The van der Waals surface area contributed by atoms with Crippen molar-refractivity contribution in [3.63, 3.8) is 0 Å². The maximum atomic E-state index is 13.5. The van der Waals surface area contributed by atoms with Crippen molar-refractivity contribution >= 4 is 17.4 Å². The molecule has 2 aromatic rings. The molecule has 0 aliphatic heterocycles. The highest BCUT2D eigenvalue weighted by Crippen LogP contribution is 2.18. The average molecular weight is 292 g/mol. The lowest BCUT2D eigenvalue weighted by Crippen LogP contribution is -2.25. The van der Waals surface area contributed by atoms with Crippen LogP contribution in [0, 0.1) is 11.6 Å². The molecule has 0 bridgehead atoms. The van der Waals surface area contributed by atoms with Crippen molar-refractivity contribution in [3.05, 3.63) is 47.9 Å². The summed E-state index contributed by atoms with van der Waals surface area (Å²) in [6, 6.07) is 3.15. The van der Waals surface area contributed by atoms with E-state index in [1.54, 1.807) is 0 Å². The van der Waals surface area contributed by atoms with E-state index in [2.05, 4.69) is 20.6 Å². The first-order chi connectivity index (χ1) is 10.1. The number of hydrogen-bond donors (Lipinski definition) is 2. The summed E-state index contributed by atoms with van der Waals surface area (Å²) in [4.78, 5) is 19.5. The van der Waals surface area contributed by atoms with Crippen molar-refractivity contribution in [2.24, 2.45) is 0 Å². The largest absolute Gasteiger partial charge is 0.351 e. The van der Waals surface area contributed by atoms with Gasteiger partial charge in [-0.3, -0.25) is 4.79 Å². The van der Waals surface area contributed by atoms with Crippen molar-refractivity contribution in [1.29, 1.82) is 0 Å². The summed E-state index contributed by atoms with van der Waals surface area (Å²) in [7, 11) is 0. The lowest BCUT2D eigenvalue weighted by molar-refractivity contribution is 0.0948. The van der Waals surface area contributed by atoms with E-state index in [-0.39, 0.29) is 23.1 Å². The Balaban J connectivity index is 2.07. The van der Waals surface area contributed by atoms with Crippen LogP contribution >= 0.6 is 0 Å². The Labute approximate surface area is 120 Å². The average Bonchev–Trinajstić information content (AvgIpc) is 2.48. The highest BCUT2D eigenvalue weighted by molar-refractivity contribution is 5.92. The monoisotopic (exact) mass is 292 g/mol. The van der Waals surface area contributed by atoms with Gasteiger partial charge in [0.25, 0.3) is 5.91 Å². The number of aromatic nitrogens is 2. The first-order valence-electron chi connectivity index (χ1n) is 6.42. The van der Waals surface area contributed by atoms with Crippen molar-refractivity contribution < 1.29 is 13.6 Å². The van der Waals surface area contributed by atoms with Crippen LogP contribution in [-0.4, -0.2) is 22.4 Å². The highest BCUT2D eigenvalue weighted by Gasteiger charge is 2.08. The van der Waals surface area contributed by atoms with E-state index in [9.17, 15) is 13.6 Å². The molecule has 0 fully saturated rings. The van der Waals surface area contributed by atoms with Crippen LogP contribution in [0.2, 0.25) is 0 Å². The van der Waals surface area contributed by atoms with Gasteiger partial charge in [0.05, 0.1) is 18.1 Å². The van der Waals surface area contributed by atoms with Crippen LogP contribution in [-0.2, 0) is 0 Å². The van der Waals surface area contributed by atoms with Crippen LogP contribution < -0.4 is 10.6 Å². The number of hydrogen-bond acceptors (Lipinski definition) is 4. The van der Waals surface area contributed by atoms with Gasteiger partial charge in [-0.25, -0.2) is 18.7 Å². The number of rotatable bonds is 5. The van der Waals surface area contributed by atoms with E-state index < -0.39 is 11.6 Å². The quantitative estimate of drug-likeness (QED) is 0.889. The number of nitrogens with zero attached hydrogens (tertiary/aromatic N) is 2. The zero-order chi connectivity index (χ0) is 15.2. The summed E-state index contributed by atoms with van der Waals surface area (Å²) < 4.78 is 26.3. The smallest absolute Gasteiger partial charge is 0.271 e. The Kier molecular flexibility index (Phi) is 4.76. The predicted molar refractivity (Wildman–Crippen MR) is 74.3 cm³/mol. The summed E-state index contributed by atoms with van der Waals surface area (Å²) >= 11 is 0. The fourth-order valence-corrected chi connectivity index (χ4v) is 1.57. The zero-order valence-corrected chi connectivity index (χ0v) is 11.4. The number of carbonyl (C=O) groups excluding carboxylic acids is 1. The van der Waals surface area contributed by atoms with Gasteiger partial charge in [-0.05, 0) is 18.6 Å². The summed E-state index contributed by atoms with van der Waals surface area (Å²) in [5, 5.41) is 5.33. The number of nitrogens with one attached hydrogen (secondary N) is 2. The summed E-state index contributed by atoms with van der Waals surface area (Å²) in [6.07, 6.45) is 3.42. The van der Waals surface area contributed by atoms with Gasteiger partial charge in [-0.15, -0.1) is 0 Å². The molecular formula is C14H14F2N4O. The molecule has 1 heterocycles. The predicted octanol–water partition coefficient (Wildman–Crippen LogP) is 2.64. The molecule has 1 amide bonds. The summed E-state index contributed by atoms with van der Waals surface area (Å²) in [6.45, 7) is 2.50. The van der Waals surface area contributed by atoms with E-state index in [1.807, 2.05) is 6.92 Å². The lowest BCUT2D eigenvalue weighted by atomic mass is 10.3. The third-order valence-corrected chi connectivity index (χ3v) is 2.61. The Bertz CT molecular complexity index is 631. The molecule has 0 radical (unpaired) electrons. The van der Waals surface area contributed by atoms with E-state index in [0.717, 1.165) is 18.6 Å². The Morgan fingerprint density at radius 3 is 2.67 bits per heavy atom. The van der Waals surface area contributed by atoms with E-state index >= 15 is 0 Å². The second-order valence-corrected chi connectivity index (χ2v) is 4.29. The fourth-order valence-electron chi connectivity index (χ4n) is 1.57. The molecule has 7 heteroatoms. The number of anilines is 2. The van der Waals surface area contributed by atoms with Crippen molar-refractivity contribution in [3.8, 4) is 0 Å². The molecular weight excluding hydrogens is 278 g/mol. The molecule has 0 saturated heterocycles. The first-order valence-corrected chi connectivity index (χ1v) is 6.42. The van der Waals surface area contributed by atoms with Crippen molar-refractivity contribution in [1.82, 2.24) is 15.3 Å². The van der Waals surface area contributed by atoms with Gasteiger partial charge in [0.2, 0.25) is 0 Å². The Morgan fingerprint density at radius 1 is 1.24 bits per heavy atom. The molecule has 0 unspecified atom stereocenters. The second-order valence-electron chi connectivity index (χ2n) is 4.29. The van der Waals surface area contributed by atoms with E-state index in [0.29, 0.717) is 6.54 Å². The molecule has 0 atom stereocenters. The van der Waals surface area contributed by atoms with Gasteiger partial charge in [0.1, 0.15) is 23.1 Å². The minimum absolute atomic E-state index is 0.0777. The highest BCUT2D eigenvalue weighted by atomic mass is 19.1. The molecule has 110 valence electrons. The molecule has 0 spiro atoms. The summed E-state index contributed by atoms with van der Waals surface area (Å²) in [5.41, 5.74) is 0.252. The fraction of sp³-hybridized carbons (Fsp3) is 0.214. The van der Waals surface area contributed by atoms with Gasteiger partial charge < -0.3 is 10.6 Å². The molecule has 0 saturated carbocycles. The van der Waals surface area contributed by atoms with Gasteiger partial charge >= 0.3 is 0 Å². The molecule has 2 rings (SSSR count). The maximum Gasteiger partial charge on any atom is 0.271 e. The standard InChI is InChI=1S/C14H14F2N4O/c1-2-5-17-14(21)12-7-19-13(8-18-12)20-11-4-3-9(15)6-10(11)16/h3-4,6-8H,2,5H2,1H3,(H,17,21)(H,19,20). The molecule has 1 aromatic carbocycles. The minimum Gasteiger partial charge on any atom is -0.351 e. The zero-order valence-electron chi connectivity index (χ0n) is 11.4. The maximum absolute atomic E-state index is 13.5. The van der Waals surface area contributed by atoms with E-state index in [1.165, 1.54) is 18.5 Å². The molecule has 1 aromatic heterocycles. The molecule has 0 aliphatic carbocycles. The lowest BCUT2D eigenvalue weighted by Gasteiger charge is -2.07. The first kappa shape index (κ1) is 14.8. The van der Waals surface area contributed by atoms with Crippen molar-refractivity contribution in [2.45, 2.75) is 13.3 Å². The summed E-state index contributed by atoms with van der Waals surface area (Å²) in [5.74, 6) is -1.45. The van der Waals surface area contributed by atoms with Crippen LogP contribution in [0.1, 0.15) is 23.8 Å². The molecule has 21 heavy (non-hydrogen) atoms. The molecule has 2 N–H and O–H groups in total. The third-order valence-electron chi connectivity index (χ3n) is 2.61. The Morgan fingerprint density at radius 2 is 2.05 bits per heavy atom. The number of benzene rings is 1. The van der Waals surface area contributed by atoms with Gasteiger partial charge in [0, 0.05) is 12.6 Å². The second kappa shape index (κ2) is 6.74. The Hall–Kier alpha value is -2.57. The van der Waals surface area contributed by atoms with Crippen LogP contribution in [0.15, 0.2) is 30.6 Å². The third kappa shape index (κ3) is 3.95. The number of halogens is 2. The minimum atomic E-state index is -0.735. The van der Waals surface area contributed by atoms with Gasteiger partial charge in [-0.2, -0.15) is 0 Å². The van der Waals surface area contributed by atoms with Crippen molar-refractivity contribution in [2.75, 3.05) is 11.9 Å². The normalized spacial score (nSPS) is 10.2. The van der Waals surface area contributed by atoms with Gasteiger partial charge in [0.15, 0.2) is 0 Å². The van der Waals surface area contributed by atoms with E-state index in [4.69, 9.17) is 0 Å². The number of carbonyl (C=O) groups is 1. The van der Waals surface area contributed by atoms with Crippen LogP contribution in [0.25, 0.3) is 0 Å². The van der Waals surface area contributed by atoms with Gasteiger partial charge in [-0.1, -0.05) is 6.92 Å².